The maximum absolute atomic E-state index is 12.3. The number of fused-ring (bicyclic) bond motifs is 2. The van der Waals surface area contributed by atoms with E-state index < -0.39 is 0 Å². The molecule has 1 aromatic heterocycles. The Morgan fingerprint density at radius 2 is 2.10 bits per heavy atom. The molecule has 3 rings (SSSR count). The third-order valence-corrected chi connectivity index (χ3v) is 4.75. The van der Waals surface area contributed by atoms with Crippen LogP contribution >= 0.6 is 0 Å². The van der Waals surface area contributed by atoms with Crippen LogP contribution in [0.3, 0.4) is 0 Å². The molecule has 4 nitrogen and oxygen atoms in total. The Hall–Kier alpha value is -1.16. The Kier molecular flexibility index (Phi) is 3.92. The highest BCUT2D eigenvalue weighted by Gasteiger charge is 2.34. The Balaban J connectivity index is 1.57. The van der Waals surface area contributed by atoms with E-state index in [2.05, 4.69) is 17.3 Å². The van der Waals surface area contributed by atoms with Crippen LogP contribution in [0.15, 0.2) is 6.07 Å². The number of nitrogens with one attached hydrogen (secondary N) is 1. The Bertz CT molecular complexity index is 482. The first-order chi connectivity index (χ1) is 9.64. The van der Waals surface area contributed by atoms with Crippen molar-refractivity contribution in [3.05, 3.63) is 17.5 Å². The van der Waals surface area contributed by atoms with Crippen LogP contribution < -0.4 is 5.32 Å². The molecule has 0 amide bonds. The highest BCUT2D eigenvalue weighted by atomic mass is 16.1. The predicted octanol–water partition coefficient (Wildman–Crippen LogP) is 2.24. The Labute approximate surface area is 120 Å². The quantitative estimate of drug-likeness (QED) is 0.896. The zero-order chi connectivity index (χ0) is 14.1. The lowest BCUT2D eigenvalue weighted by Crippen LogP contribution is -2.38. The lowest BCUT2D eigenvalue weighted by atomic mass is 9.87. The third kappa shape index (κ3) is 2.95. The Morgan fingerprint density at radius 1 is 1.40 bits per heavy atom. The van der Waals surface area contributed by atoms with Crippen molar-refractivity contribution < 1.29 is 4.79 Å². The molecule has 2 fully saturated rings. The van der Waals surface area contributed by atoms with Gasteiger partial charge >= 0.3 is 0 Å². The summed E-state index contributed by atoms with van der Waals surface area (Å²) in [6.45, 7) is 4.91. The van der Waals surface area contributed by atoms with E-state index in [0.717, 1.165) is 24.4 Å². The van der Waals surface area contributed by atoms with Crippen molar-refractivity contribution in [3.8, 4) is 0 Å². The van der Waals surface area contributed by atoms with Gasteiger partial charge in [-0.05, 0) is 51.5 Å². The molecule has 20 heavy (non-hydrogen) atoms. The van der Waals surface area contributed by atoms with E-state index in [1.54, 1.807) is 0 Å². The van der Waals surface area contributed by atoms with Gasteiger partial charge in [-0.2, -0.15) is 5.10 Å². The van der Waals surface area contributed by atoms with Crippen molar-refractivity contribution in [2.45, 2.75) is 71.0 Å². The summed E-state index contributed by atoms with van der Waals surface area (Å²) < 4.78 is 1.96. The molecule has 0 aliphatic carbocycles. The molecule has 0 aromatic carbocycles. The van der Waals surface area contributed by atoms with Crippen LogP contribution in [0.5, 0.6) is 0 Å². The van der Waals surface area contributed by atoms with Gasteiger partial charge < -0.3 is 5.32 Å². The first kappa shape index (κ1) is 13.8. The molecular weight excluding hydrogens is 250 g/mol. The summed E-state index contributed by atoms with van der Waals surface area (Å²) in [4.78, 5) is 12.3. The number of hydrogen-bond acceptors (Lipinski definition) is 3. The van der Waals surface area contributed by atoms with E-state index >= 15 is 0 Å². The lowest BCUT2D eigenvalue weighted by Gasteiger charge is -2.28. The first-order valence-corrected chi connectivity index (χ1v) is 7.95. The molecule has 2 saturated heterocycles. The van der Waals surface area contributed by atoms with E-state index in [-0.39, 0.29) is 0 Å². The average Bonchev–Trinajstić information content (AvgIpc) is 2.92. The number of nitrogens with zero attached hydrogens (tertiary/aromatic N) is 2. The van der Waals surface area contributed by atoms with Gasteiger partial charge in [0.05, 0.1) is 5.69 Å². The van der Waals surface area contributed by atoms with Gasteiger partial charge in [0.1, 0.15) is 5.78 Å². The number of rotatable bonds is 5. The van der Waals surface area contributed by atoms with Gasteiger partial charge in [0, 0.05) is 37.2 Å². The number of aryl methyl sites for hydroxylation is 2. The molecule has 2 bridgehead atoms. The molecule has 2 unspecified atom stereocenters. The molecule has 2 atom stereocenters. The van der Waals surface area contributed by atoms with E-state index in [1.165, 1.54) is 25.7 Å². The highest BCUT2D eigenvalue weighted by molar-refractivity contribution is 5.80. The van der Waals surface area contributed by atoms with Gasteiger partial charge in [0.2, 0.25) is 0 Å². The van der Waals surface area contributed by atoms with Crippen LogP contribution in [0.1, 0.15) is 50.4 Å². The number of aromatic nitrogens is 2. The van der Waals surface area contributed by atoms with E-state index in [9.17, 15) is 4.79 Å². The molecule has 2 aliphatic heterocycles. The van der Waals surface area contributed by atoms with Crippen LogP contribution in [-0.4, -0.2) is 27.6 Å². The number of carbonyl (C=O) groups is 1. The molecule has 4 heteroatoms. The maximum Gasteiger partial charge on any atom is 0.139 e. The van der Waals surface area contributed by atoms with Crippen molar-refractivity contribution in [1.82, 2.24) is 15.1 Å². The molecule has 1 aromatic rings. The van der Waals surface area contributed by atoms with Crippen molar-refractivity contribution in [1.29, 1.82) is 0 Å². The Morgan fingerprint density at radius 3 is 2.75 bits per heavy atom. The minimum atomic E-state index is 0.380. The zero-order valence-corrected chi connectivity index (χ0v) is 12.6. The second-order valence-corrected chi connectivity index (χ2v) is 6.49. The van der Waals surface area contributed by atoms with E-state index in [4.69, 9.17) is 0 Å². The van der Waals surface area contributed by atoms with Gasteiger partial charge in [-0.1, -0.05) is 0 Å². The van der Waals surface area contributed by atoms with Crippen LogP contribution in [-0.2, 0) is 17.8 Å². The SMILES string of the molecule is CCn1nc(C)cc1CC(=O)CC1CC2CCC(C1)N2. The standard InChI is InChI=1S/C16H25N3O/c1-3-19-15(6-11(2)18-19)10-16(20)9-12-7-13-4-5-14(8-12)17-13/h6,12-14,17H,3-5,7-10H2,1-2H3. The van der Waals surface area contributed by atoms with E-state index in [0.29, 0.717) is 30.2 Å². The third-order valence-electron chi connectivity index (χ3n) is 4.75. The number of ketones is 1. The second kappa shape index (κ2) is 5.68. The zero-order valence-electron chi connectivity index (χ0n) is 12.6. The number of Topliss-reactive ketones (excluding diaryl/α,β-unsaturated/α-hetero) is 1. The van der Waals surface area contributed by atoms with Crippen LogP contribution in [0.2, 0.25) is 0 Å². The van der Waals surface area contributed by atoms with Crippen molar-refractivity contribution >= 4 is 5.78 Å². The summed E-state index contributed by atoms with van der Waals surface area (Å²) in [5.41, 5.74) is 2.08. The van der Waals surface area contributed by atoms with Crippen LogP contribution in [0.25, 0.3) is 0 Å². The summed E-state index contributed by atoms with van der Waals surface area (Å²) in [5, 5.41) is 8.06. The molecule has 2 aliphatic rings. The fourth-order valence-corrected chi connectivity index (χ4v) is 3.95. The highest BCUT2D eigenvalue weighted by Crippen LogP contribution is 2.32. The van der Waals surface area contributed by atoms with Crippen molar-refractivity contribution in [2.24, 2.45) is 5.92 Å². The summed E-state index contributed by atoms with van der Waals surface area (Å²) >= 11 is 0. The lowest BCUT2D eigenvalue weighted by molar-refractivity contribution is -0.119. The minimum Gasteiger partial charge on any atom is -0.311 e. The minimum absolute atomic E-state index is 0.380. The molecular formula is C16H25N3O. The van der Waals surface area contributed by atoms with Crippen molar-refractivity contribution in [3.63, 3.8) is 0 Å². The largest absolute Gasteiger partial charge is 0.311 e. The van der Waals surface area contributed by atoms with Gasteiger partial charge in [-0.3, -0.25) is 9.48 Å². The number of hydrogen-bond donors (Lipinski definition) is 1. The van der Waals surface area contributed by atoms with Crippen LogP contribution in [0.4, 0.5) is 0 Å². The predicted molar refractivity (Wildman–Crippen MR) is 78.6 cm³/mol. The summed E-state index contributed by atoms with van der Waals surface area (Å²) in [5.74, 6) is 0.978. The molecule has 3 heterocycles. The van der Waals surface area contributed by atoms with Gasteiger partial charge in [-0.25, -0.2) is 0 Å². The second-order valence-electron chi connectivity index (χ2n) is 6.49. The normalized spacial score (nSPS) is 28.8. The molecule has 0 spiro atoms. The number of piperidine rings is 1. The monoisotopic (exact) mass is 275 g/mol. The fourth-order valence-electron chi connectivity index (χ4n) is 3.95. The summed E-state index contributed by atoms with van der Waals surface area (Å²) in [6.07, 6.45) is 6.29. The smallest absolute Gasteiger partial charge is 0.139 e. The first-order valence-electron chi connectivity index (χ1n) is 7.95. The molecule has 1 N–H and O–H groups in total. The topological polar surface area (TPSA) is 46.9 Å². The van der Waals surface area contributed by atoms with Crippen molar-refractivity contribution in [2.75, 3.05) is 0 Å². The van der Waals surface area contributed by atoms with Gasteiger partial charge in [-0.15, -0.1) is 0 Å². The van der Waals surface area contributed by atoms with E-state index in [1.807, 2.05) is 17.7 Å². The molecule has 0 radical (unpaired) electrons. The fraction of sp³-hybridized carbons (Fsp3) is 0.750. The summed E-state index contributed by atoms with van der Waals surface area (Å²) in [7, 11) is 0. The number of carbonyl (C=O) groups excluding carboxylic acids is 1. The molecule has 0 saturated carbocycles. The summed E-state index contributed by atoms with van der Waals surface area (Å²) in [6, 6.07) is 3.40. The molecule has 110 valence electrons. The maximum atomic E-state index is 12.3. The van der Waals surface area contributed by atoms with Gasteiger partial charge in [0.25, 0.3) is 0 Å². The average molecular weight is 275 g/mol. The van der Waals surface area contributed by atoms with Gasteiger partial charge in [0.15, 0.2) is 0 Å². The van der Waals surface area contributed by atoms with Crippen LogP contribution in [0, 0.1) is 12.8 Å².